The fourth-order valence-electron chi connectivity index (χ4n) is 2.44. The minimum absolute atomic E-state index is 0.155. The highest BCUT2D eigenvalue weighted by atomic mass is 35.5. The Hall–Kier alpha value is -2.44. The second-order valence-electron chi connectivity index (χ2n) is 7.18. The van der Waals surface area contributed by atoms with Gasteiger partial charge in [0.25, 0.3) is 0 Å². The van der Waals surface area contributed by atoms with Crippen LogP contribution in [0.1, 0.15) is 26.5 Å². The average molecular weight is 401 g/mol. The van der Waals surface area contributed by atoms with Crippen LogP contribution in [0.3, 0.4) is 0 Å². The standard InChI is InChI=1S/C20H21ClN4OS/c1-20(2,3)17-12-18(25(24-17)15-8-10-16(27)11-9-15)23-19(26)22-14-6-4-13(21)5-7-14/h4-12,27H,1-3H3,(H2,22,23,26). The lowest BCUT2D eigenvalue weighted by Gasteiger charge is -2.14. The molecule has 0 fully saturated rings. The van der Waals surface area contributed by atoms with Crippen molar-refractivity contribution >= 4 is 41.8 Å². The van der Waals surface area contributed by atoms with Crippen LogP contribution in [0.2, 0.25) is 5.02 Å². The van der Waals surface area contributed by atoms with Crippen LogP contribution in [-0.4, -0.2) is 15.8 Å². The Kier molecular flexibility index (Phi) is 5.48. The predicted molar refractivity (Wildman–Crippen MR) is 114 cm³/mol. The maximum atomic E-state index is 12.5. The third-order valence-corrected chi connectivity index (χ3v) is 4.47. The van der Waals surface area contributed by atoms with E-state index in [9.17, 15) is 4.79 Å². The first-order valence-electron chi connectivity index (χ1n) is 8.46. The number of thiol groups is 1. The number of urea groups is 1. The molecule has 3 rings (SSSR count). The molecule has 0 radical (unpaired) electrons. The van der Waals surface area contributed by atoms with E-state index < -0.39 is 0 Å². The molecule has 0 bridgehead atoms. The smallest absolute Gasteiger partial charge is 0.308 e. The zero-order valence-electron chi connectivity index (χ0n) is 15.3. The number of aromatic nitrogens is 2. The summed E-state index contributed by atoms with van der Waals surface area (Å²) in [6, 6.07) is 16.0. The topological polar surface area (TPSA) is 59.0 Å². The van der Waals surface area contributed by atoms with Crippen molar-refractivity contribution in [3.63, 3.8) is 0 Å². The highest BCUT2D eigenvalue weighted by molar-refractivity contribution is 7.80. The van der Waals surface area contributed by atoms with Crippen molar-refractivity contribution in [2.45, 2.75) is 31.1 Å². The number of halogens is 1. The summed E-state index contributed by atoms with van der Waals surface area (Å²) in [5, 5.41) is 11.0. The molecule has 1 heterocycles. The molecule has 2 aromatic carbocycles. The molecule has 0 unspecified atom stereocenters. The molecule has 0 saturated heterocycles. The van der Waals surface area contributed by atoms with E-state index in [4.69, 9.17) is 11.6 Å². The lowest BCUT2D eigenvalue weighted by molar-refractivity contribution is 0.262. The average Bonchev–Trinajstić information content (AvgIpc) is 3.02. The second kappa shape index (κ2) is 7.66. The van der Waals surface area contributed by atoms with E-state index in [1.54, 1.807) is 28.9 Å². The predicted octanol–water partition coefficient (Wildman–Crippen LogP) is 5.76. The molecule has 3 aromatic rings. The van der Waals surface area contributed by atoms with Gasteiger partial charge in [-0.15, -0.1) is 12.6 Å². The van der Waals surface area contributed by atoms with Gasteiger partial charge in [0.2, 0.25) is 0 Å². The number of benzene rings is 2. The van der Waals surface area contributed by atoms with Crippen molar-refractivity contribution in [2.24, 2.45) is 0 Å². The van der Waals surface area contributed by atoms with Crippen molar-refractivity contribution in [1.82, 2.24) is 9.78 Å². The number of hydrogen-bond donors (Lipinski definition) is 3. The summed E-state index contributed by atoms with van der Waals surface area (Å²) in [6.07, 6.45) is 0. The molecule has 0 saturated carbocycles. The van der Waals surface area contributed by atoms with E-state index in [-0.39, 0.29) is 11.4 Å². The van der Waals surface area contributed by atoms with E-state index in [0.717, 1.165) is 16.3 Å². The van der Waals surface area contributed by atoms with Crippen LogP contribution in [0.15, 0.2) is 59.5 Å². The maximum Gasteiger partial charge on any atom is 0.324 e. The number of hydrogen-bond acceptors (Lipinski definition) is 3. The highest BCUT2D eigenvalue weighted by Gasteiger charge is 2.21. The van der Waals surface area contributed by atoms with Crippen molar-refractivity contribution in [2.75, 3.05) is 10.6 Å². The molecular formula is C20H21ClN4OS. The van der Waals surface area contributed by atoms with Crippen LogP contribution < -0.4 is 10.6 Å². The zero-order valence-corrected chi connectivity index (χ0v) is 17.0. The van der Waals surface area contributed by atoms with Crippen molar-refractivity contribution in [1.29, 1.82) is 0 Å². The molecule has 0 atom stereocenters. The van der Waals surface area contributed by atoms with E-state index in [1.807, 2.05) is 30.3 Å². The van der Waals surface area contributed by atoms with Crippen LogP contribution >= 0.6 is 24.2 Å². The van der Waals surface area contributed by atoms with Crippen LogP contribution in [0.25, 0.3) is 5.69 Å². The summed E-state index contributed by atoms with van der Waals surface area (Å²) >= 11 is 10.2. The van der Waals surface area contributed by atoms with Crippen LogP contribution in [0, 0.1) is 0 Å². The van der Waals surface area contributed by atoms with E-state index in [2.05, 4.69) is 49.1 Å². The summed E-state index contributed by atoms with van der Waals surface area (Å²) < 4.78 is 1.72. The van der Waals surface area contributed by atoms with Crippen molar-refractivity contribution in [3.05, 3.63) is 65.3 Å². The molecule has 0 aliphatic rings. The van der Waals surface area contributed by atoms with Gasteiger partial charge in [-0.05, 0) is 48.5 Å². The largest absolute Gasteiger partial charge is 0.324 e. The van der Waals surface area contributed by atoms with E-state index in [1.165, 1.54) is 0 Å². The fourth-order valence-corrected chi connectivity index (χ4v) is 2.71. The van der Waals surface area contributed by atoms with Crippen LogP contribution in [0.5, 0.6) is 0 Å². The van der Waals surface area contributed by atoms with Gasteiger partial charge in [0, 0.05) is 27.1 Å². The molecule has 0 spiro atoms. The van der Waals surface area contributed by atoms with Gasteiger partial charge in [0.1, 0.15) is 5.82 Å². The molecular weight excluding hydrogens is 380 g/mol. The first-order valence-corrected chi connectivity index (χ1v) is 9.28. The number of amides is 2. The van der Waals surface area contributed by atoms with Gasteiger partial charge in [-0.1, -0.05) is 32.4 Å². The van der Waals surface area contributed by atoms with Gasteiger partial charge >= 0.3 is 6.03 Å². The maximum absolute atomic E-state index is 12.5. The molecule has 7 heteroatoms. The minimum atomic E-state index is -0.357. The van der Waals surface area contributed by atoms with Crippen LogP contribution in [-0.2, 0) is 5.41 Å². The molecule has 0 aliphatic heterocycles. The molecule has 2 amide bonds. The minimum Gasteiger partial charge on any atom is -0.308 e. The van der Waals surface area contributed by atoms with Gasteiger partial charge in [-0.2, -0.15) is 5.10 Å². The molecule has 140 valence electrons. The Morgan fingerprint density at radius 3 is 2.26 bits per heavy atom. The first-order chi connectivity index (χ1) is 12.7. The third kappa shape index (κ3) is 4.84. The summed E-state index contributed by atoms with van der Waals surface area (Å²) in [6.45, 7) is 6.23. The Morgan fingerprint density at radius 2 is 1.67 bits per heavy atom. The quantitative estimate of drug-likeness (QED) is 0.490. The number of anilines is 2. The molecule has 27 heavy (non-hydrogen) atoms. The van der Waals surface area contributed by atoms with Gasteiger partial charge in [0.05, 0.1) is 11.4 Å². The van der Waals surface area contributed by atoms with Crippen LogP contribution in [0.4, 0.5) is 16.3 Å². The van der Waals surface area contributed by atoms with Gasteiger partial charge in [0.15, 0.2) is 0 Å². The molecule has 5 nitrogen and oxygen atoms in total. The van der Waals surface area contributed by atoms with Crippen molar-refractivity contribution in [3.8, 4) is 5.69 Å². The second-order valence-corrected chi connectivity index (χ2v) is 8.13. The Labute approximate surface area is 169 Å². The molecule has 2 N–H and O–H groups in total. The number of carbonyl (C=O) groups is 1. The highest BCUT2D eigenvalue weighted by Crippen LogP contribution is 2.27. The fraction of sp³-hybridized carbons (Fsp3) is 0.200. The normalized spacial score (nSPS) is 11.3. The summed E-state index contributed by atoms with van der Waals surface area (Å²) in [4.78, 5) is 13.3. The Balaban J connectivity index is 1.88. The number of nitrogens with one attached hydrogen (secondary N) is 2. The molecule has 0 aliphatic carbocycles. The lowest BCUT2D eigenvalue weighted by atomic mass is 9.92. The monoisotopic (exact) mass is 400 g/mol. The number of carbonyl (C=O) groups excluding carboxylic acids is 1. The summed E-state index contributed by atoms with van der Waals surface area (Å²) in [7, 11) is 0. The van der Waals surface area contributed by atoms with Gasteiger partial charge in [-0.3, -0.25) is 5.32 Å². The third-order valence-electron chi connectivity index (χ3n) is 3.92. The van der Waals surface area contributed by atoms with E-state index >= 15 is 0 Å². The Morgan fingerprint density at radius 1 is 1.04 bits per heavy atom. The number of nitrogens with zero attached hydrogens (tertiary/aromatic N) is 2. The lowest BCUT2D eigenvalue weighted by Crippen LogP contribution is -2.21. The number of rotatable bonds is 3. The van der Waals surface area contributed by atoms with Gasteiger partial charge in [-0.25, -0.2) is 9.48 Å². The Bertz CT molecular complexity index is 944. The van der Waals surface area contributed by atoms with Gasteiger partial charge < -0.3 is 5.32 Å². The molecule has 1 aromatic heterocycles. The van der Waals surface area contributed by atoms with Crippen molar-refractivity contribution < 1.29 is 4.79 Å². The summed E-state index contributed by atoms with van der Waals surface area (Å²) in [5.74, 6) is 0.582. The first kappa shape index (κ1) is 19.3. The SMILES string of the molecule is CC(C)(C)c1cc(NC(=O)Nc2ccc(Cl)cc2)n(-c2ccc(S)cc2)n1. The summed E-state index contributed by atoms with van der Waals surface area (Å²) in [5.41, 5.74) is 2.21. The zero-order chi connectivity index (χ0) is 19.6. The van der Waals surface area contributed by atoms with E-state index in [0.29, 0.717) is 16.5 Å².